The van der Waals surface area contributed by atoms with Crippen molar-refractivity contribution in [3.8, 4) is 28.0 Å². The normalized spacial score (nSPS) is 15.3. The third-order valence-electron chi connectivity index (χ3n) is 12.9. The van der Waals surface area contributed by atoms with Gasteiger partial charge in [-0.3, -0.25) is 4.79 Å². The zero-order chi connectivity index (χ0) is 44.9. The number of carbonyl (C=O) groups is 2. The molecule has 0 aromatic heterocycles. The molecule has 340 valence electrons. The van der Waals surface area contributed by atoms with Crippen molar-refractivity contribution < 1.29 is 34.0 Å². The molecule has 1 saturated carbocycles. The van der Waals surface area contributed by atoms with Crippen LogP contribution >= 0.6 is 0 Å². The Balaban J connectivity index is 1.64. The lowest BCUT2D eigenvalue weighted by molar-refractivity contribution is -0.143. The molecule has 1 fully saturated rings. The molecule has 0 aliphatic heterocycles. The fourth-order valence-corrected chi connectivity index (χ4v) is 8.94. The fourth-order valence-electron chi connectivity index (χ4n) is 8.94. The van der Waals surface area contributed by atoms with E-state index in [0.29, 0.717) is 56.6 Å². The van der Waals surface area contributed by atoms with Crippen LogP contribution in [0.4, 0.5) is 0 Å². The molecule has 0 amide bonds. The molecule has 0 radical (unpaired) electrons. The highest BCUT2D eigenvalue weighted by molar-refractivity contribution is 5.86. The molecule has 7 heteroatoms. The van der Waals surface area contributed by atoms with Gasteiger partial charge in [-0.2, -0.15) is 0 Å². The Hall–Kier alpha value is -4.20. The largest absolute Gasteiger partial charge is 0.493 e. The van der Waals surface area contributed by atoms with Crippen LogP contribution in [0.1, 0.15) is 159 Å². The number of hydrogen-bond donors (Lipinski definition) is 2. The predicted octanol–water partition coefficient (Wildman–Crippen LogP) is 12.9. The molecule has 2 N–H and O–H groups in total. The topological polar surface area (TPSA) is 102 Å². The van der Waals surface area contributed by atoms with Crippen molar-refractivity contribution in [2.45, 2.75) is 156 Å². The van der Waals surface area contributed by atoms with E-state index in [1.165, 1.54) is 73.6 Å². The Morgan fingerprint density at radius 1 is 0.694 bits per heavy atom. The Kier molecular flexibility index (Phi) is 21.5. The van der Waals surface area contributed by atoms with Gasteiger partial charge in [-0.25, -0.2) is 4.79 Å². The summed E-state index contributed by atoms with van der Waals surface area (Å²) in [5.74, 6) is 1.62. The summed E-state index contributed by atoms with van der Waals surface area (Å²) in [6.45, 7) is 18.2. The maximum atomic E-state index is 12.4. The van der Waals surface area contributed by atoms with Crippen LogP contribution in [0.5, 0.6) is 5.75 Å². The van der Waals surface area contributed by atoms with Gasteiger partial charge in [0.05, 0.1) is 39.5 Å². The van der Waals surface area contributed by atoms with Crippen molar-refractivity contribution in [3.05, 3.63) is 101 Å². The lowest BCUT2D eigenvalue weighted by Crippen LogP contribution is -2.32. The number of aryl methyl sites for hydroxylation is 3. The molecule has 0 saturated heterocycles. The van der Waals surface area contributed by atoms with Crippen molar-refractivity contribution in [2.75, 3.05) is 33.0 Å². The summed E-state index contributed by atoms with van der Waals surface area (Å²) in [5.41, 5.74) is 9.88. The van der Waals surface area contributed by atoms with Gasteiger partial charge < -0.3 is 24.4 Å². The Morgan fingerprint density at radius 3 is 1.89 bits per heavy atom. The first-order valence-electron chi connectivity index (χ1n) is 23.8. The highest BCUT2D eigenvalue weighted by atomic mass is 16.5. The van der Waals surface area contributed by atoms with Crippen LogP contribution in [0, 0.1) is 11.3 Å². The zero-order valence-electron chi connectivity index (χ0n) is 39.0. The van der Waals surface area contributed by atoms with Crippen molar-refractivity contribution in [1.82, 2.24) is 0 Å². The van der Waals surface area contributed by atoms with Crippen molar-refractivity contribution in [2.24, 2.45) is 11.3 Å². The molecule has 0 bridgehead atoms. The molecule has 0 unspecified atom stereocenters. The van der Waals surface area contributed by atoms with E-state index >= 15 is 0 Å². The first kappa shape index (κ1) is 50.4. The highest BCUT2D eigenvalue weighted by Crippen LogP contribution is 2.40. The molecule has 1 aliphatic rings. The Labute approximate surface area is 374 Å². The number of carbonyl (C=O) groups excluding carboxylic acids is 2. The number of unbranched alkanes of at least 4 members (excludes halogenated alkanes) is 3. The summed E-state index contributed by atoms with van der Waals surface area (Å²) < 4.78 is 17.7. The van der Waals surface area contributed by atoms with E-state index < -0.39 is 11.4 Å². The van der Waals surface area contributed by atoms with Gasteiger partial charge in [0, 0.05) is 11.0 Å². The summed E-state index contributed by atoms with van der Waals surface area (Å²) in [5, 5.41) is 20.7. The number of benzene rings is 3. The van der Waals surface area contributed by atoms with Gasteiger partial charge >= 0.3 is 11.9 Å². The van der Waals surface area contributed by atoms with E-state index in [1.807, 2.05) is 6.92 Å². The highest BCUT2D eigenvalue weighted by Gasteiger charge is 2.29. The van der Waals surface area contributed by atoms with Gasteiger partial charge in [0.15, 0.2) is 0 Å². The number of rotatable bonds is 28. The van der Waals surface area contributed by atoms with E-state index in [0.717, 1.165) is 58.8 Å². The van der Waals surface area contributed by atoms with E-state index in [2.05, 4.69) is 88.5 Å². The second-order valence-electron chi connectivity index (χ2n) is 18.2. The van der Waals surface area contributed by atoms with E-state index in [1.54, 1.807) is 6.92 Å². The van der Waals surface area contributed by atoms with Crippen molar-refractivity contribution in [3.63, 3.8) is 0 Å². The molecule has 1 aliphatic carbocycles. The van der Waals surface area contributed by atoms with E-state index in [-0.39, 0.29) is 38.8 Å². The van der Waals surface area contributed by atoms with Gasteiger partial charge in [-0.1, -0.05) is 120 Å². The quantitative estimate of drug-likeness (QED) is 0.0325. The Bertz CT molecular complexity index is 1860. The van der Waals surface area contributed by atoms with Gasteiger partial charge in [0.25, 0.3) is 0 Å². The van der Waals surface area contributed by atoms with Gasteiger partial charge in [-0.05, 0) is 153 Å². The monoisotopic (exact) mass is 851 g/mol. The van der Waals surface area contributed by atoms with Gasteiger partial charge in [0.1, 0.15) is 5.75 Å². The molecule has 7 nitrogen and oxygen atoms in total. The molecule has 3 aromatic carbocycles. The zero-order valence-corrected chi connectivity index (χ0v) is 39.0. The summed E-state index contributed by atoms with van der Waals surface area (Å²) in [7, 11) is 0. The van der Waals surface area contributed by atoms with Crippen LogP contribution in [-0.4, -0.2) is 55.2 Å². The summed E-state index contributed by atoms with van der Waals surface area (Å²) in [6, 6.07) is 20.5. The number of esters is 2. The minimum absolute atomic E-state index is 0.116. The van der Waals surface area contributed by atoms with Crippen LogP contribution < -0.4 is 4.74 Å². The minimum atomic E-state index is -0.629. The second kappa shape index (κ2) is 26.4. The number of hydrogen-bond acceptors (Lipinski definition) is 7. The summed E-state index contributed by atoms with van der Waals surface area (Å²) in [4.78, 5) is 24.6. The number of ether oxygens (including phenoxy) is 3. The minimum Gasteiger partial charge on any atom is -0.493 e. The molecule has 3 aromatic rings. The average molecular weight is 851 g/mol. The van der Waals surface area contributed by atoms with Crippen LogP contribution in [0.3, 0.4) is 0 Å². The lowest BCUT2D eigenvalue weighted by Gasteiger charge is -2.30. The molecular weight excluding hydrogens is 773 g/mol. The van der Waals surface area contributed by atoms with Crippen LogP contribution in [-0.2, 0) is 38.3 Å². The van der Waals surface area contributed by atoms with Gasteiger partial charge in [-0.15, -0.1) is 0 Å². The standard InChI is InChI=1S/C55H78O7/c1-8-11-13-16-42-19-21-44(22-20-42)45-23-25-46(26-24-45)51-28-27-47(35-43(51)10-3)50-36-48(17-14-31-60-52(58)34-40(4)5)53(49(37-50)18-15-32-62-54(59)41(6)7)61-33-30-55(38-56,39-57)29-12-9-2/h23-28,35-37,42,44,56-57H,4,6,8-22,29-34,38-39H2,1-3,5,7H3. The van der Waals surface area contributed by atoms with E-state index in [9.17, 15) is 19.8 Å². The van der Waals surface area contributed by atoms with Crippen LogP contribution in [0.15, 0.2) is 78.9 Å². The molecule has 0 heterocycles. The maximum Gasteiger partial charge on any atom is 0.333 e. The molecular formula is C55H78O7. The molecule has 4 rings (SSSR count). The average Bonchev–Trinajstić information content (AvgIpc) is 3.28. The maximum absolute atomic E-state index is 12.4. The molecule has 62 heavy (non-hydrogen) atoms. The SMILES string of the molecule is C=C(C)CC(=O)OCCCc1cc(-c2ccc(-c3ccc(C4CCC(CCCCC)CC4)cc3)c(CC)c2)cc(CCCOC(=O)C(=C)C)c1OCCC(CO)(CO)CCCC. The molecule has 0 spiro atoms. The predicted molar refractivity (Wildman–Crippen MR) is 255 cm³/mol. The second-order valence-corrected chi connectivity index (χ2v) is 18.2. The van der Waals surface area contributed by atoms with E-state index in [4.69, 9.17) is 14.2 Å². The summed E-state index contributed by atoms with van der Waals surface area (Å²) >= 11 is 0. The lowest BCUT2D eigenvalue weighted by atomic mass is 9.77. The Morgan fingerprint density at radius 2 is 1.31 bits per heavy atom. The molecule has 0 atom stereocenters. The van der Waals surface area contributed by atoms with Crippen LogP contribution in [0.2, 0.25) is 0 Å². The number of aliphatic hydroxyl groups is 2. The first-order chi connectivity index (χ1) is 30.0. The van der Waals surface area contributed by atoms with Crippen molar-refractivity contribution >= 4 is 11.9 Å². The third kappa shape index (κ3) is 15.6. The number of aliphatic hydroxyl groups excluding tert-OH is 2. The van der Waals surface area contributed by atoms with Crippen LogP contribution in [0.25, 0.3) is 22.3 Å². The smallest absolute Gasteiger partial charge is 0.333 e. The summed E-state index contributed by atoms with van der Waals surface area (Å²) in [6.07, 6.45) is 17.3. The van der Waals surface area contributed by atoms with Gasteiger partial charge in [0.2, 0.25) is 0 Å². The third-order valence-corrected chi connectivity index (χ3v) is 12.9. The first-order valence-corrected chi connectivity index (χ1v) is 23.8. The fraction of sp³-hybridized carbons (Fsp3) is 0.564. The van der Waals surface area contributed by atoms with Crippen molar-refractivity contribution in [1.29, 1.82) is 0 Å².